The molecule has 3 heterocycles. The van der Waals surface area contributed by atoms with Gasteiger partial charge in [0.25, 0.3) is 0 Å². The number of ether oxygens (including phenoxy) is 2. The molecular weight excluding hydrogens is 314 g/mol. The van der Waals surface area contributed by atoms with E-state index >= 15 is 0 Å². The van der Waals surface area contributed by atoms with Gasteiger partial charge >= 0.3 is 6.09 Å². The Kier molecular flexibility index (Phi) is 5.09. The zero-order valence-electron chi connectivity index (χ0n) is 13.7. The van der Waals surface area contributed by atoms with Crippen molar-refractivity contribution >= 4 is 17.9 Å². The van der Waals surface area contributed by atoms with Gasteiger partial charge in [-0.2, -0.15) is 0 Å². The van der Waals surface area contributed by atoms with E-state index in [0.29, 0.717) is 38.9 Å². The van der Waals surface area contributed by atoms with Crippen LogP contribution in [0.4, 0.5) is 10.7 Å². The van der Waals surface area contributed by atoms with Crippen molar-refractivity contribution in [3.8, 4) is 0 Å². The van der Waals surface area contributed by atoms with E-state index in [9.17, 15) is 9.59 Å². The first-order valence-electron chi connectivity index (χ1n) is 7.97. The fraction of sp³-hybridized carbons (Fsp3) is 0.600. The molecule has 9 heteroatoms. The number of morpholine rings is 1. The molecule has 24 heavy (non-hydrogen) atoms. The van der Waals surface area contributed by atoms with Gasteiger partial charge in [-0.1, -0.05) is 0 Å². The number of hydrogen-bond donors (Lipinski definition) is 1. The maximum Gasteiger partial charge on any atom is 0.410 e. The third-order valence-electron chi connectivity index (χ3n) is 3.84. The molecule has 0 bridgehead atoms. The van der Waals surface area contributed by atoms with Crippen LogP contribution in [0.2, 0.25) is 0 Å². The van der Waals surface area contributed by atoms with Crippen molar-refractivity contribution in [1.29, 1.82) is 0 Å². The van der Waals surface area contributed by atoms with E-state index in [2.05, 4.69) is 20.2 Å². The molecule has 2 aliphatic rings. The van der Waals surface area contributed by atoms with Crippen LogP contribution in [-0.4, -0.2) is 72.9 Å². The first kappa shape index (κ1) is 16.4. The second-order valence-corrected chi connectivity index (χ2v) is 5.71. The number of cyclic esters (lactones) is 1. The van der Waals surface area contributed by atoms with E-state index in [1.54, 1.807) is 0 Å². The average molecular weight is 335 g/mol. The first-order chi connectivity index (χ1) is 11.6. The molecule has 9 nitrogen and oxygen atoms in total. The zero-order chi connectivity index (χ0) is 16.9. The SMILES string of the molecule is Cc1cc(CNC(=O)CN2CCOC2=O)nc(N2CCOCC2)n1. The van der Waals surface area contributed by atoms with E-state index in [1.807, 2.05) is 13.0 Å². The number of carbonyl (C=O) groups is 2. The lowest BCUT2D eigenvalue weighted by Gasteiger charge is -2.27. The summed E-state index contributed by atoms with van der Waals surface area (Å²) in [5, 5.41) is 2.78. The highest BCUT2D eigenvalue weighted by Gasteiger charge is 2.24. The van der Waals surface area contributed by atoms with Crippen LogP contribution in [0.25, 0.3) is 0 Å². The van der Waals surface area contributed by atoms with E-state index in [0.717, 1.165) is 24.5 Å². The number of aryl methyl sites for hydroxylation is 1. The maximum atomic E-state index is 12.0. The Hall–Kier alpha value is -2.42. The van der Waals surface area contributed by atoms with Gasteiger partial charge < -0.3 is 19.7 Å². The lowest BCUT2D eigenvalue weighted by molar-refractivity contribution is -0.121. The van der Waals surface area contributed by atoms with Gasteiger partial charge in [-0.05, 0) is 13.0 Å². The Labute approximate surface area is 139 Å². The Morgan fingerprint density at radius 3 is 2.75 bits per heavy atom. The molecule has 2 amide bonds. The molecule has 0 spiro atoms. The molecule has 0 atom stereocenters. The molecule has 0 saturated carbocycles. The molecule has 2 fully saturated rings. The van der Waals surface area contributed by atoms with Crippen molar-refractivity contribution in [2.24, 2.45) is 0 Å². The van der Waals surface area contributed by atoms with Gasteiger partial charge in [0.2, 0.25) is 11.9 Å². The fourth-order valence-electron chi connectivity index (χ4n) is 2.60. The number of rotatable bonds is 5. The quantitative estimate of drug-likeness (QED) is 0.788. The topological polar surface area (TPSA) is 96.9 Å². The molecule has 1 aromatic rings. The lowest BCUT2D eigenvalue weighted by Crippen LogP contribution is -2.38. The predicted molar refractivity (Wildman–Crippen MR) is 84.6 cm³/mol. The molecule has 0 aliphatic carbocycles. The minimum atomic E-state index is -0.447. The molecule has 130 valence electrons. The molecule has 1 N–H and O–H groups in total. The summed E-state index contributed by atoms with van der Waals surface area (Å²) in [5.41, 5.74) is 1.58. The molecule has 0 radical (unpaired) electrons. The second kappa shape index (κ2) is 7.43. The van der Waals surface area contributed by atoms with Crippen molar-refractivity contribution in [2.75, 3.05) is 50.9 Å². The Balaban J connectivity index is 1.57. The third-order valence-corrected chi connectivity index (χ3v) is 3.84. The van der Waals surface area contributed by atoms with Crippen molar-refractivity contribution in [2.45, 2.75) is 13.5 Å². The standard InChI is InChI=1S/C15H21N5O4/c1-11-8-12(18-14(17-11)19-2-5-23-6-3-19)9-16-13(21)10-20-4-7-24-15(20)22/h8H,2-7,9-10H2,1H3,(H,16,21). The fourth-order valence-corrected chi connectivity index (χ4v) is 2.60. The van der Waals surface area contributed by atoms with Crippen molar-refractivity contribution in [1.82, 2.24) is 20.2 Å². The van der Waals surface area contributed by atoms with Crippen LogP contribution in [0.5, 0.6) is 0 Å². The number of nitrogens with zero attached hydrogens (tertiary/aromatic N) is 4. The van der Waals surface area contributed by atoms with E-state index in [-0.39, 0.29) is 12.5 Å². The molecule has 1 aromatic heterocycles. The van der Waals surface area contributed by atoms with Gasteiger partial charge in [-0.15, -0.1) is 0 Å². The van der Waals surface area contributed by atoms with Gasteiger partial charge in [-0.25, -0.2) is 14.8 Å². The molecule has 2 aliphatic heterocycles. The largest absolute Gasteiger partial charge is 0.448 e. The highest BCUT2D eigenvalue weighted by atomic mass is 16.6. The van der Waals surface area contributed by atoms with Crippen LogP contribution in [0.15, 0.2) is 6.07 Å². The van der Waals surface area contributed by atoms with Gasteiger partial charge in [-0.3, -0.25) is 9.69 Å². The summed E-state index contributed by atoms with van der Waals surface area (Å²) in [7, 11) is 0. The Morgan fingerprint density at radius 1 is 1.25 bits per heavy atom. The Bertz CT molecular complexity index is 618. The van der Waals surface area contributed by atoms with E-state index in [4.69, 9.17) is 9.47 Å². The molecule has 3 rings (SSSR count). The summed E-state index contributed by atoms with van der Waals surface area (Å²) in [6.07, 6.45) is -0.447. The zero-order valence-corrected chi connectivity index (χ0v) is 13.7. The van der Waals surface area contributed by atoms with E-state index < -0.39 is 6.09 Å². The molecule has 0 aromatic carbocycles. The summed E-state index contributed by atoms with van der Waals surface area (Å²) < 4.78 is 10.1. The number of carbonyl (C=O) groups excluding carboxylic acids is 2. The third kappa shape index (κ3) is 4.10. The lowest BCUT2D eigenvalue weighted by atomic mass is 10.3. The number of nitrogens with one attached hydrogen (secondary N) is 1. The predicted octanol–water partition coefficient (Wildman–Crippen LogP) is -0.310. The number of hydrogen-bond acceptors (Lipinski definition) is 7. The average Bonchev–Trinajstić information content (AvgIpc) is 2.98. The number of amides is 2. The first-order valence-corrected chi connectivity index (χ1v) is 7.97. The van der Waals surface area contributed by atoms with Crippen molar-refractivity contribution < 1.29 is 19.1 Å². The van der Waals surface area contributed by atoms with Crippen LogP contribution in [0.3, 0.4) is 0 Å². The molecular formula is C15H21N5O4. The Morgan fingerprint density at radius 2 is 2.04 bits per heavy atom. The van der Waals surface area contributed by atoms with Crippen LogP contribution in [0.1, 0.15) is 11.4 Å². The van der Waals surface area contributed by atoms with Gasteiger partial charge in [0.05, 0.1) is 32.0 Å². The minimum Gasteiger partial charge on any atom is -0.448 e. The van der Waals surface area contributed by atoms with Crippen LogP contribution in [0, 0.1) is 6.92 Å². The minimum absolute atomic E-state index is 0.000774. The normalized spacial score (nSPS) is 17.8. The summed E-state index contributed by atoms with van der Waals surface area (Å²) in [6, 6.07) is 1.84. The van der Waals surface area contributed by atoms with Gasteiger partial charge in [0.15, 0.2) is 0 Å². The number of anilines is 1. The number of aromatic nitrogens is 2. The maximum absolute atomic E-state index is 12.0. The highest BCUT2D eigenvalue weighted by Crippen LogP contribution is 2.12. The van der Waals surface area contributed by atoms with Crippen LogP contribution in [-0.2, 0) is 20.8 Å². The highest BCUT2D eigenvalue weighted by molar-refractivity contribution is 5.82. The van der Waals surface area contributed by atoms with Crippen LogP contribution >= 0.6 is 0 Å². The summed E-state index contributed by atoms with van der Waals surface area (Å²) in [6.45, 7) is 5.81. The van der Waals surface area contributed by atoms with Crippen LogP contribution < -0.4 is 10.2 Å². The smallest absolute Gasteiger partial charge is 0.410 e. The summed E-state index contributed by atoms with van der Waals surface area (Å²) in [4.78, 5) is 35.7. The van der Waals surface area contributed by atoms with Gasteiger partial charge in [0.1, 0.15) is 13.2 Å². The van der Waals surface area contributed by atoms with Crippen molar-refractivity contribution in [3.05, 3.63) is 17.5 Å². The summed E-state index contributed by atoms with van der Waals surface area (Å²) >= 11 is 0. The summed E-state index contributed by atoms with van der Waals surface area (Å²) in [5.74, 6) is 0.420. The monoisotopic (exact) mass is 335 g/mol. The van der Waals surface area contributed by atoms with E-state index in [1.165, 1.54) is 4.90 Å². The molecule has 2 saturated heterocycles. The molecule has 0 unspecified atom stereocenters. The van der Waals surface area contributed by atoms with Gasteiger partial charge in [0, 0.05) is 18.8 Å². The second-order valence-electron chi connectivity index (χ2n) is 5.71. The van der Waals surface area contributed by atoms with Crippen molar-refractivity contribution in [3.63, 3.8) is 0 Å².